The Morgan fingerprint density at radius 2 is 1.69 bits per heavy atom. The number of nitrogens with zero attached hydrogens (tertiary/aromatic N) is 1. The van der Waals surface area contributed by atoms with Crippen LogP contribution in [0.1, 0.15) is 16.7 Å². The number of nitrogens with two attached hydrogens (primary N) is 2. The predicted molar refractivity (Wildman–Crippen MR) is 71.0 cm³/mol. The molecule has 0 saturated heterocycles. The van der Waals surface area contributed by atoms with E-state index in [1.807, 2.05) is 0 Å². The molecule has 0 amide bonds. The maximum Gasteiger partial charge on any atom is 0.0423 e. The van der Waals surface area contributed by atoms with Crippen molar-refractivity contribution in [1.82, 2.24) is 0 Å². The number of anilines is 1. The molecule has 0 aliphatic carbocycles. The number of rotatable bonds is 4. The summed E-state index contributed by atoms with van der Waals surface area (Å²) in [6.07, 6.45) is 0. The molecule has 0 heterocycles. The van der Waals surface area contributed by atoms with Crippen LogP contribution in [0, 0.1) is 20.8 Å². The van der Waals surface area contributed by atoms with Crippen molar-refractivity contribution in [2.75, 3.05) is 25.0 Å². The fraction of sp³-hybridized carbons (Fsp3) is 0.538. The maximum atomic E-state index is 5.87. The number of benzene rings is 1. The first-order valence-electron chi connectivity index (χ1n) is 5.70. The molecule has 3 nitrogen and oxygen atoms in total. The van der Waals surface area contributed by atoms with Crippen LogP contribution < -0.4 is 16.4 Å². The Hall–Kier alpha value is -1.06. The largest absolute Gasteiger partial charge is 0.373 e. The molecule has 90 valence electrons. The van der Waals surface area contributed by atoms with Crippen LogP contribution >= 0.6 is 0 Å². The summed E-state index contributed by atoms with van der Waals surface area (Å²) in [4.78, 5) is 2.20. The van der Waals surface area contributed by atoms with Gasteiger partial charge in [-0.25, -0.2) is 0 Å². The first kappa shape index (κ1) is 13.0. The Bertz CT molecular complexity index is 337. The maximum absolute atomic E-state index is 5.87. The minimum Gasteiger partial charge on any atom is -0.373 e. The van der Waals surface area contributed by atoms with Crippen LogP contribution in [0.2, 0.25) is 0 Å². The molecule has 1 atom stereocenters. The molecule has 0 aliphatic heterocycles. The molecule has 1 aromatic rings. The molecule has 0 fully saturated rings. The molecule has 0 bridgehead atoms. The van der Waals surface area contributed by atoms with Crippen molar-refractivity contribution in [3.05, 3.63) is 28.8 Å². The zero-order valence-corrected chi connectivity index (χ0v) is 10.7. The van der Waals surface area contributed by atoms with E-state index in [1.165, 1.54) is 22.4 Å². The van der Waals surface area contributed by atoms with Crippen LogP contribution in [0.15, 0.2) is 12.1 Å². The van der Waals surface area contributed by atoms with E-state index in [9.17, 15) is 0 Å². The fourth-order valence-corrected chi connectivity index (χ4v) is 2.29. The first-order chi connectivity index (χ1) is 7.45. The van der Waals surface area contributed by atoms with Gasteiger partial charge in [0.15, 0.2) is 0 Å². The van der Waals surface area contributed by atoms with Gasteiger partial charge in [0.25, 0.3) is 0 Å². The van der Waals surface area contributed by atoms with Crippen molar-refractivity contribution in [1.29, 1.82) is 0 Å². The highest BCUT2D eigenvalue weighted by atomic mass is 15.1. The number of likely N-dealkylation sites (N-methyl/N-ethyl adjacent to an activating group) is 1. The lowest BCUT2D eigenvalue weighted by Crippen LogP contribution is -2.41. The molecule has 4 N–H and O–H groups in total. The second kappa shape index (κ2) is 5.32. The van der Waals surface area contributed by atoms with Gasteiger partial charge in [-0.05, 0) is 31.9 Å². The Labute approximate surface area is 98.4 Å². The average molecular weight is 221 g/mol. The topological polar surface area (TPSA) is 55.3 Å². The lowest BCUT2D eigenvalue weighted by Gasteiger charge is -2.26. The van der Waals surface area contributed by atoms with Crippen LogP contribution in [0.4, 0.5) is 5.69 Å². The van der Waals surface area contributed by atoms with Crippen molar-refractivity contribution in [3.63, 3.8) is 0 Å². The Kier molecular flexibility index (Phi) is 4.33. The highest BCUT2D eigenvalue weighted by Crippen LogP contribution is 2.25. The third-order valence-electron chi connectivity index (χ3n) is 2.83. The summed E-state index contributed by atoms with van der Waals surface area (Å²) in [6, 6.07) is 4.43. The molecule has 0 radical (unpaired) electrons. The molecule has 16 heavy (non-hydrogen) atoms. The summed E-state index contributed by atoms with van der Waals surface area (Å²) >= 11 is 0. The highest BCUT2D eigenvalue weighted by Gasteiger charge is 2.11. The number of aryl methyl sites for hydroxylation is 3. The zero-order chi connectivity index (χ0) is 12.3. The molecular formula is C13H23N3. The second-order valence-electron chi connectivity index (χ2n) is 4.62. The van der Waals surface area contributed by atoms with E-state index in [0.29, 0.717) is 6.54 Å². The van der Waals surface area contributed by atoms with E-state index in [-0.39, 0.29) is 6.04 Å². The molecule has 1 unspecified atom stereocenters. The van der Waals surface area contributed by atoms with Crippen molar-refractivity contribution in [2.45, 2.75) is 26.8 Å². The molecule has 0 saturated carbocycles. The van der Waals surface area contributed by atoms with E-state index in [1.54, 1.807) is 0 Å². The summed E-state index contributed by atoms with van der Waals surface area (Å²) in [5.74, 6) is 0. The predicted octanol–water partition coefficient (Wildman–Crippen LogP) is 1.33. The van der Waals surface area contributed by atoms with Gasteiger partial charge in [-0.3, -0.25) is 0 Å². The van der Waals surface area contributed by atoms with Gasteiger partial charge < -0.3 is 16.4 Å². The molecule has 0 spiro atoms. The monoisotopic (exact) mass is 221 g/mol. The lowest BCUT2D eigenvalue weighted by atomic mass is 10.0. The molecule has 1 aromatic carbocycles. The van der Waals surface area contributed by atoms with Crippen LogP contribution in [0.3, 0.4) is 0 Å². The standard InChI is InChI=1S/C13H23N3/c1-9-5-10(2)13(11(3)6-9)16(4)8-12(15)7-14/h5-6,12H,7-8,14-15H2,1-4H3. The normalized spacial score (nSPS) is 12.6. The lowest BCUT2D eigenvalue weighted by molar-refractivity contribution is 0.666. The van der Waals surface area contributed by atoms with Gasteiger partial charge in [0.1, 0.15) is 0 Å². The van der Waals surface area contributed by atoms with E-state index >= 15 is 0 Å². The SMILES string of the molecule is Cc1cc(C)c(N(C)CC(N)CN)c(C)c1. The van der Waals surface area contributed by atoms with E-state index in [2.05, 4.69) is 44.9 Å². The Morgan fingerprint density at radius 1 is 1.19 bits per heavy atom. The zero-order valence-electron chi connectivity index (χ0n) is 10.7. The third kappa shape index (κ3) is 2.97. The van der Waals surface area contributed by atoms with Crippen molar-refractivity contribution in [2.24, 2.45) is 11.5 Å². The van der Waals surface area contributed by atoms with E-state index in [4.69, 9.17) is 11.5 Å². The van der Waals surface area contributed by atoms with Crippen LogP contribution in [0.5, 0.6) is 0 Å². The molecular weight excluding hydrogens is 198 g/mol. The fourth-order valence-electron chi connectivity index (χ4n) is 2.29. The third-order valence-corrected chi connectivity index (χ3v) is 2.83. The van der Waals surface area contributed by atoms with Crippen LogP contribution in [-0.2, 0) is 0 Å². The van der Waals surface area contributed by atoms with Gasteiger partial charge in [-0.1, -0.05) is 17.7 Å². The summed E-state index contributed by atoms with van der Waals surface area (Å²) in [5, 5.41) is 0. The Balaban J connectivity index is 2.95. The van der Waals surface area contributed by atoms with E-state index in [0.717, 1.165) is 6.54 Å². The summed E-state index contributed by atoms with van der Waals surface area (Å²) in [7, 11) is 2.07. The second-order valence-corrected chi connectivity index (χ2v) is 4.62. The molecule has 1 rings (SSSR count). The summed E-state index contributed by atoms with van der Waals surface area (Å²) in [5.41, 5.74) is 16.6. The summed E-state index contributed by atoms with van der Waals surface area (Å²) in [6.45, 7) is 7.71. The molecule has 0 aliphatic rings. The van der Waals surface area contributed by atoms with Crippen molar-refractivity contribution < 1.29 is 0 Å². The van der Waals surface area contributed by atoms with Gasteiger partial charge in [-0.2, -0.15) is 0 Å². The number of hydrogen-bond donors (Lipinski definition) is 2. The van der Waals surface area contributed by atoms with Crippen LogP contribution in [0.25, 0.3) is 0 Å². The average Bonchev–Trinajstić information content (AvgIpc) is 2.15. The summed E-state index contributed by atoms with van der Waals surface area (Å²) < 4.78 is 0. The Morgan fingerprint density at radius 3 is 2.12 bits per heavy atom. The van der Waals surface area contributed by atoms with Crippen molar-refractivity contribution >= 4 is 5.69 Å². The van der Waals surface area contributed by atoms with E-state index < -0.39 is 0 Å². The highest BCUT2D eigenvalue weighted by molar-refractivity contribution is 5.59. The quantitative estimate of drug-likeness (QED) is 0.806. The number of hydrogen-bond acceptors (Lipinski definition) is 3. The van der Waals surface area contributed by atoms with Gasteiger partial charge in [0.2, 0.25) is 0 Å². The van der Waals surface area contributed by atoms with Crippen LogP contribution in [-0.4, -0.2) is 26.2 Å². The minimum absolute atomic E-state index is 0.0325. The van der Waals surface area contributed by atoms with Crippen molar-refractivity contribution in [3.8, 4) is 0 Å². The van der Waals surface area contributed by atoms with Gasteiger partial charge >= 0.3 is 0 Å². The minimum atomic E-state index is 0.0325. The van der Waals surface area contributed by atoms with Gasteiger partial charge in [0, 0.05) is 31.9 Å². The molecule has 0 aromatic heterocycles. The van der Waals surface area contributed by atoms with Gasteiger partial charge in [0.05, 0.1) is 0 Å². The first-order valence-corrected chi connectivity index (χ1v) is 5.70. The molecule has 3 heteroatoms. The smallest absolute Gasteiger partial charge is 0.0423 e. The van der Waals surface area contributed by atoms with Gasteiger partial charge in [-0.15, -0.1) is 0 Å².